The minimum absolute atomic E-state index is 0.0181. The molecule has 0 saturated heterocycles. The lowest BCUT2D eigenvalue weighted by atomic mass is 9.83. The maximum Gasteiger partial charge on any atom is 0.313 e. The normalized spacial score (nSPS) is 11.7. The highest BCUT2D eigenvalue weighted by Crippen LogP contribution is 2.31. The Labute approximate surface area is 182 Å². The maximum absolute atomic E-state index is 14.6. The van der Waals surface area contributed by atoms with Crippen molar-refractivity contribution in [3.63, 3.8) is 0 Å². The van der Waals surface area contributed by atoms with Crippen LogP contribution in [0, 0.1) is 18.2 Å². The third kappa shape index (κ3) is 4.58. The number of hydrogen-bond acceptors (Lipinski definition) is 5. The van der Waals surface area contributed by atoms with Crippen molar-refractivity contribution in [3.8, 4) is 28.5 Å². The molecule has 0 aliphatic heterocycles. The van der Waals surface area contributed by atoms with Crippen LogP contribution >= 0.6 is 0 Å². The van der Waals surface area contributed by atoms with Gasteiger partial charge in [-0.3, -0.25) is 4.79 Å². The summed E-state index contributed by atoms with van der Waals surface area (Å²) in [6.07, 6.45) is 1.92. The van der Waals surface area contributed by atoms with Crippen molar-refractivity contribution < 1.29 is 27.8 Å². The SMILES string of the molecule is CCC(CC)(COc1cc(C)c(-c2cnc(-c3ncc(C(F)F)[nH]3)c(F)c2)cn1)C(=O)O. The Morgan fingerprint density at radius 3 is 2.41 bits per heavy atom. The van der Waals surface area contributed by atoms with Crippen LogP contribution in [-0.4, -0.2) is 37.6 Å². The summed E-state index contributed by atoms with van der Waals surface area (Å²) in [5.74, 6) is -1.47. The summed E-state index contributed by atoms with van der Waals surface area (Å²) in [6.45, 7) is 5.35. The Morgan fingerprint density at radius 1 is 1.16 bits per heavy atom. The van der Waals surface area contributed by atoms with Crippen molar-refractivity contribution in [2.24, 2.45) is 5.41 Å². The van der Waals surface area contributed by atoms with Gasteiger partial charge in [0.25, 0.3) is 6.43 Å². The number of aryl methyl sites for hydroxylation is 1. The molecule has 0 spiro atoms. The number of aromatic nitrogens is 4. The maximum atomic E-state index is 14.6. The molecule has 3 aromatic rings. The summed E-state index contributed by atoms with van der Waals surface area (Å²) in [4.78, 5) is 26.0. The summed E-state index contributed by atoms with van der Waals surface area (Å²) in [5.41, 5.74) is 0.168. The van der Waals surface area contributed by atoms with Crippen LogP contribution in [0.2, 0.25) is 0 Å². The minimum Gasteiger partial charge on any atom is -0.481 e. The number of pyridine rings is 2. The summed E-state index contributed by atoms with van der Waals surface area (Å²) < 4.78 is 45.7. The van der Waals surface area contributed by atoms with E-state index in [4.69, 9.17) is 4.74 Å². The molecule has 0 unspecified atom stereocenters. The Hall–Kier alpha value is -3.43. The Morgan fingerprint density at radius 2 is 1.88 bits per heavy atom. The van der Waals surface area contributed by atoms with Crippen LogP contribution in [-0.2, 0) is 4.79 Å². The number of carbonyl (C=O) groups is 1. The smallest absolute Gasteiger partial charge is 0.313 e. The van der Waals surface area contributed by atoms with Crippen molar-refractivity contribution in [2.75, 3.05) is 6.61 Å². The number of aromatic amines is 1. The second-order valence-corrected chi connectivity index (χ2v) is 7.46. The topological polar surface area (TPSA) is 101 Å². The largest absolute Gasteiger partial charge is 0.481 e. The second kappa shape index (κ2) is 9.37. The molecule has 32 heavy (non-hydrogen) atoms. The standard InChI is InChI=1S/C22H23F3N4O3/c1-4-22(5-2,21(30)31)11-32-17-6-12(3)14(9-26-17)13-7-15(23)18(27-8-13)20-28-10-16(29-20)19(24)25/h6-10,19H,4-5,11H2,1-3H3,(H,28,29)(H,30,31). The first-order valence-corrected chi connectivity index (χ1v) is 10.0. The summed E-state index contributed by atoms with van der Waals surface area (Å²) in [7, 11) is 0. The van der Waals surface area contributed by atoms with Gasteiger partial charge in [-0.1, -0.05) is 13.8 Å². The second-order valence-electron chi connectivity index (χ2n) is 7.46. The van der Waals surface area contributed by atoms with Crippen molar-refractivity contribution >= 4 is 5.97 Å². The molecule has 2 N–H and O–H groups in total. The van der Waals surface area contributed by atoms with Crippen molar-refractivity contribution in [2.45, 2.75) is 40.0 Å². The number of ether oxygens (including phenoxy) is 1. The fourth-order valence-corrected chi connectivity index (χ4v) is 3.27. The molecule has 3 rings (SSSR count). The highest BCUT2D eigenvalue weighted by atomic mass is 19.3. The number of alkyl halides is 2. The van der Waals surface area contributed by atoms with Gasteiger partial charge in [-0.2, -0.15) is 0 Å². The van der Waals surface area contributed by atoms with E-state index in [2.05, 4.69) is 19.9 Å². The number of H-pyrrole nitrogens is 1. The Bertz CT molecular complexity index is 1110. The number of hydrogen-bond donors (Lipinski definition) is 2. The number of aliphatic carboxylic acids is 1. The third-order valence-corrected chi connectivity index (χ3v) is 5.60. The first kappa shape index (κ1) is 23.2. The molecule has 0 saturated carbocycles. The fraction of sp³-hybridized carbons (Fsp3) is 0.364. The number of carboxylic acid groups (broad SMARTS) is 1. The predicted molar refractivity (Wildman–Crippen MR) is 111 cm³/mol. The number of nitrogens with zero attached hydrogens (tertiary/aromatic N) is 3. The third-order valence-electron chi connectivity index (χ3n) is 5.60. The van der Waals surface area contributed by atoms with E-state index >= 15 is 0 Å². The molecule has 0 fully saturated rings. The number of carboxylic acids is 1. The highest BCUT2D eigenvalue weighted by Gasteiger charge is 2.36. The van der Waals surface area contributed by atoms with Crippen molar-refractivity contribution in [1.82, 2.24) is 19.9 Å². The molecule has 0 radical (unpaired) electrons. The molecular weight excluding hydrogens is 425 g/mol. The zero-order valence-electron chi connectivity index (χ0n) is 17.8. The lowest BCUT2D eigenvalue weighted by Crippen LogP contribution is -2.36. The molecule has 0 atom stereocenters. The molecule has 0 aliphatic rings. The zero-order chi connectivity index (χ0) is 23.5. The van der Waals surface area contributed by atoms with Crippen molar-refractivity contribution in [1.29, 1.82) is 0 Å². The highest BCUT2D eigenvalue weighted by molar-refractivity contribution is 5.74. The molecule has 3 aromatic heterocycles. The van der Waals surface area contributed by atoms with E-state index in [1.54, 1.807) is 26.8 Å². The van der Waals surface area contributed by atoms with Crippen LogP contribution in [0.15, 0.2) is 30.7 Å². The van der Waals surface area contributed by atoms with E-state index in [0.29, 0.717) is 24.0 Å². The Kier molecular flexibility index (Phi) is 6.81. The van der Waals surface area contributed by atoms with Crippen molar-refractivity contribution in [3.05, 3.63) is 47.8 Å². The minimum atomic E-state index is -2.75. The number of imidazole rings is 1. The van der Waals surface area contributed by atoms with Gasteiger partial charge in [0.15, 0.2) is 11.6 Å². The van der Waals surface area contributed by atoms with Gasteiger partial charge in [0.05, 0.1) is 6.20 Å². The molecule has 170 valence electrons. The van der Waals surface area contributed by atoms with E-state index < -0.39 is 29.3 Å². The van der Waals surface area contributed by atoms with Crippen LogP contribution in [0.3, 0.4) is 0 Å². The van der Waals surface area contributed by atoms with Crippen LogP contribution in [0.5, 0.6) is 5.88 Å². The van der Waals surface area contributed by atoms with Gasteiger partial charge in [0.2, 0.25) is 5.88 Å². The van der Waals surface area contributed by atoms with E-state index in [1.165, 1.54) is 18.5 Å². The lowest BCUT2D eigenvalue weighted by molar-refractivity contribution is -0.151. The molecule has 10 heteroatoms. The molecule has 0 bridgehead atoms. The first-order valence-electron chi connectivity index (χ1n) is 10.0. The van der Waals surface area contributed by atoms with E-state index in [1.807, 2.05) is 0 Å². The van der Waals surface area contributed by atoms with Gasteiger partial charge < -0.3 is 14.8 Å². The first-order chi connectivity index (χ1) is 15.2. The van der Waals surface area contributed by atoms with E-state index in [9.17, 15) is 23.1 Å². The average Bonchev–Trinajstić information content (AvgIpc) is 3.25. The summed E-state index contributed by atoms with van der Waals surface area (Å²) in [6, 6.07) is 2.86. The van der Waals surface area contributed by atoms with E-state index in [-0.39, 0.29) is 24.0 Å². The quantitative estimate of drug-likeness (QED) is 0.467. The fourth-order valence-electron chi connectivity index (χ4n) is 3.27. The van der Waals surface area contributed by atoms with Gasteiger partial charge in [-0.05, 0) is 31.4 Å². The molecule has 7 nitrogen and oxygen atoms in total. The van der Waals surface area contributed by atoms with Crippen LogP contribution in [0.4, 0.5) is 13.2 Å². The van der Waals surface area contributed by atoms with Gasteiger partial charge in [-0.25, -0.2) is 28.1 Å². The van der Waals surface area contributed by atoms with Gasteiger partial charge in [-0.15, -0.1) is 0 Å². The van der Waals surface area contributed by atoms with Gasteiger partial charge in [0, 0.05) is 29.6 Å². The summed E-state index contributed by atoms with van der Waals surface area (Å²) >= 11 is 0. The van der Waals surface area contributed by atoms with Crippen LogP contribution < -0.4 is 4.74 Å². The average molecular weight is 448 g/mol. The molecule has 0 aromatic carbocycles. The number of nitrogens with one attached hydrogen (secondary N) is 1. The monoisotopic (exact) mass is 448 g/mol. The number of rotatable bonds is 9. The van der Waals surface area contributed by atoms with Gasteiger partial charge in [0.1, 0.15) is 23.4 Å². The van der Waals surface area contributed by atoms with E-state index in [0.717, 1.165) is 11.8 Å². The Balaban J connectivity index is 1.81. The lowest BCUT2D eigenvalue weighted by Gasteiger charge is -2.26. The predicted octanol–water partition coefficient (Wildman–Crippen LogP) is 5.19. The molecule has 0 amide bonds. The molecule has 0 aliphatic carbocycles. The zero-order valence-corrected chi connectivity index (χ0v) is 17.8. The van der Waals surface area contributed by atoms with Crippen LogP contribution in [0.1, 0.15) is 44.4 Å². The van der Waals surface area contributed by atoms with Gasteiger partial charge >= 0.3 is 5.97 Å². The number of halogens is 3. The summed E-state index contributed by atoms with van der Waals surface area (Å²) in [5, 5.41) is 9.52. The molecular formula is C22H23F3N4O3. The van der Waals surface area contributed by atoms with Crippen LogP contribution in [0.25, 0.3) is 22.6 Å². The molecule has 3 heterocycles.